The molecule has 8 nitrogen and oxygen atoms in total. The van der Waals surface area contributed by atoms with E-state index in [0.717, 1.165) is 84.2 Å². The number of benzene rings is 1. The number of pyridine rings is 1. The molecule has 2 N–H and O–H groups in total. The minimum Gasteiger partial charge on any atom is -0.457 e. The Bertz CT molecular complexity index is 1370. The number of halogens is 1. The quantitative estimate of drug-likeness (QED) is 0.272. The summed E-state index contributed by atoms with van der Waals surface area (Å²) in [7, 11) is 0. The smallest absolute Gasteiger partial charge is 0.184 e. The van der Waals surface area contributed by atoms with Crippen LogP contribution < -0.4 is 10.1 Å². The van der Waals surface area contributed by atoms with Gasteiger partial charge in [-0.15, -0.1) is 0 Å². The highest BCUT2D eigenvalue weighted by Gasteiger charge is 2.24. The summed E-state index contributed by atoms with van der Waals surface area (Å²) in [6, 6.07) is 9.71. The summed E-state index contributed by atoms with van der Waals surface area (Å²) in [5, 5.41) is 19.0. The molecule has 2 aliphatic rings. The van der Waals surface area contributed by atoms with Gasteiger partial charge in [0.05, 0.1) is 40.8 Å². The Balaban J connectivity index is 0.00000308. The van der Waals surface area contributed by atoms with E-state index in [-0.39, 0.29) is 19.6 Å². The van der Waals surface area contributed by atoms with Gasteiger partial charge < -0.3 is 20.1 Å². The molecule has 39 heavy (non-hydrogen) atoms. The molecular formula is C29H37FN6O2S. The Kier molecular flexibility index (Phi) is 8.74. The summed E-state index contributed by atoms with van der Waals surface area (Å²) >= 11 is 1.58. The summed E-state index contributed by atoms with van der Waals surface area (Å²) in [6.07, 6.45) is 9.87. The fourth-order valence-corrected chi connectivity index (χ4v) is 6.18. The summed E-state index contributed by atoms with van der Waals surface area (Å²) in [5.41, 5.74) is 2.63. The van der Waals surface area contributed by atoms with Gasteiger partial charge in [0.2, 0.25) is 0 Å². The topological polar surface area (TPSA) is 88.3 Å². The van der Waals surface area contributed by atoms with E-state index in [2.05, 4.69) is 20.3 Å². The van der Waals surface area contributed by atoms with Crippen LogP contribution in [0.15, 0.2) is 48.9 Å². The SMILES string of the molecule is C.O[C@@H]1CCCC[C@H]1Nc1nc2ccc(Oc3ccnc(-c4cnn(CCN5CCC(F)CC5)c4)c3)cc2s1. The van der Waals surface area contributed by atoms with Crippen molar-refractivity contribution >= 4 is 26.7 Å². The number of hydrogen-bond donors (Lipinski definition) is 2. The molecule has 4 heterocycles. The minimum atomic E-state index is -0.650. The molecule has 1 aliphatic heterocycles. The van der Waals surface area contributed by atoms with Crippen LogP contribution in [0.5, 0.6) is 11.5 Å². The Hall–Kier alpha value is -3.08. The number of aliphatic hydroxyl groups is 1. The lowest BCUT2D eigenvalue weighted by Crippen LogP contribution is -2.36. The third-order valence-corrected chi connectivity index (χ3v) is 8.41. The zero-order valence-corrected chi connectivity index (χ0v) is 22.1. The van der Waals surface area contributed by atoms with Crippen molar-refractivity contribution < 1.29 is 14.2 Å². The van der Waals surface area contributed by atoms with Gasteiger partial charge in [-0.25, -0.2) is 9.37 Å². The molecule has 208 valence electrons. The van der Waals surface area contributed by atoms with E-state index in [1.807, 2.05) is 47.4 Å². The summed E-state index contributed by atoms with van der Waals surface area (Å²) in [5.74, 6) is 1.43. The molecular weight excluding hydrogens is 515 g/mol. The standard InChI is InChI=1S/C28H33FN6O2S.CH4/c29-20-8-11-34(12-9-20)13-14-35-18-19(17-31-35)25-15-22(7-10-30-25)37-21-5-6-24-27(16-21)38-28(33-24)32-23-3-1-2-4-26(23)36;/h5-7,10,15-18,20,23,26,36H,1-4,8-9,11-14H2,(H,32,33);1H4/t23-,26-;/m1./s1. The Labute approximate surface area is 232 Å². The minimum absolute atomic E-state index is 0. The predicted octanol–water partition coefficient (Wildman–Crippen LogP) is 6.13. The first-order chi connectivity index (χ1) is 18.6. The number of ether oxygens (including phenoxy) is 1. The molecule has 0 amide bonds. The highest BCUT2D eigenvalue weighted by molar-refractivity contribution is 7.22. The van der Waals surface area contributed by atoms with Crippen molar-refractivity contribution in [1.29, 1.82) is 0 Å². The second-order valence-corrected chi connectivity index (χ2v) is 11.3. The number of piperidine rings is 1. The van der Waals surface area contributed by atoms with Gasteiger partial charge >= 0.3 is 0 Å². The first-order valence-corrected chi connectivity index (χ1v) is 14.3. The molecule has 2 atom stereocenters. The van der Waals surface area contributed by atoms with Gasteiger partial charge in [-0.1, -0.05) is 31.6 Å². The van der Waals surface area contributed by atoms with Crippen molar-refractivity contribution in [2.45, 2.75) is 70.8 Å². The zero-order chi connectivity index (χ0) is 25.9. The number of aliphatic hydroxyl groups excluding tert-OH is 1. The summed E-state index contributed by atoms with van der Waals surface area (Å²) in [4.78, 5) is 11.5. The Morgan fingerprint density at radius 1 is 1.05 bits per heavy atom. The average Bonchev–Trinajstić information content (AvgIpc) is 3.56. The number of alkyl halides is 1. The van der Waals surface area contributed by atoms with Crippen molar-refractivity contribution in [1.82, 2.24) is 24.6 Å². The van der Waals surface area contributed by atoms with Crippen LogP contribution in [-0.2, 0) is 6.54 Å². The molecule has 1 aromatic carbocycles. The molecule has 0 unspecified atom stereocenters. The van der Waals surface area contributed by atoms with Gasteiger partial charge in [-0.2, -0.15) is 5.10 Å². The number of rotatable bonds is 8. The van der Waals surface area contributed by atoms with Crippen molar-refractivity contribution in [3.63, 3.8) is 0 Å². The number of likely N-dealkylation sites (tertiary alicyclic amines) is 1. The van der Waals surface area contributed by atoms with Gasteiger partial charge in [-0.3, -0.25) is 9.67 Å². The van der Waals surface area contributed by atoms with Gasteiger partial charge in [0.15, 0.2) is 5.13 Å². The number of thiazole rings is 1. The van der Waals surface area contributed by atoms with Crippen LogP contribution in [-0.4, -0.2) is 67.7 Å². The Morgan fingerprint density at radius 3 is 2.72 bits per heavy atom. The van der Waals surface area contributed by atoms with Crippen LogP contribution in [0.3, 0.4) is 0 Å². The molecule has 0 spiro atoms. The molecule has 6 rings (SSSR count). The van der Waals surface area contributed by atoms with E-state index in [9.17, 15) is 9.50 Å². The van der Waals surface area contributed by atoms with Gasteiger partial charge in [0, 0.05) is 49.7 Å². The number of aromatic nitrogens is 4. The first-order valence-electron chi connectivity index (χ1n) is 13.5. The van der Waals surface area contributed by atoms with Crippen molar-refractivity contribution in [3.05, 3.63) is 48.9 Å². The molecule has 3 aromatic heterocycles. The molecule has 2 fully saturated rings. The lowest BCUT2D eigenvalue weighted by atomic mass is 9.93. The fourth-order valence-electron chi connectivity index (χ4n) is 5.22. The van der Waals surface area contributed by atoms with Gasteiger partial charge in [0.1, 0.15) is 17.7 Å². The second-order valence-electron chi connectivity index (χ2n) is 10.2. The lowest BCUT2D eigenvalue weighted by Gasteiger charge is -2.28. The number of fused-ring (bicyclic) bond motifs is 1. The summed E-state index contributed by atoms with van der Waals surface area (Å²) in [6.45, 7) is 3.25. The van der Waals surface area contributed by atoms with E-state index < -0.39 is 6.17 Å². The average molecular weight is 553 g/mol. The third-order valence-electron chi connectivity index (χ3n) is 7.46. The van der Waals surface area contributed by atoms with Crippen molar-refractivity contribution in [3.8, 4) is 22.8 Å². The third kappa shape index (κ3) is 6.74. The Morgan fingerprint density at radius 2 is 1.87 bits per heavy atom. The van der Waals surface area contributed by atoms with Crippen LogP contribution in [0.4, 0.5) is 9.52 Å². The molecule has 0 radical (unpaired) electrons. The highest BCUT2D eigenvalue weighted by atomic mass is 32.1. The maximum atomic E-state index is 13.4. The first kappa shape index (κ1) is 27.5. The van der Waals surface area contributed by atoms with Crippen LogP contribution in [0.1, 0.15) is 46.0 Å². The van der Waals surface area contributed by atoms with E-state index in [1.165, 1.54) is 0 Å². The maximum Gasteiger partial charge on any atom is 0.184 e. The second kappa shape index (κ2) is 12.4. The van der Waals surface area contributed by atoms with E-state index >= 15 is 0 Å². The normalized spacial score (nSPS) is 20.6. The molecule has 1 saturated carbocycles. The fraction of sp³-hybridized carbons (Fsp3) is 0.483. The number of hydrogen-bond acceptors (Lipinski definition) is 8. The molecule has 0 bridgehead atoms. The predicted molar refractivity (Wildman–Crippen MR) is 154 cm³/mol. The van der Waals surface area contributed by atoms with Crippen molar-refractivity contribution in [2.75, 3.05) is 25.0 Å². The molecule has 10 heteroatoms. The van der Waals surface area contributed by atoms with Gasteiger partial charge in [-0.05, 0) is 43.9 Å². The van der Waals surface area contributed by atoms with Gasteiger partial charge in [0.25, 0.3) is 0 Å². The van der Waals surface area contributed by atoms with Crippen LogP contribution in [0.25, 0.3) is 21.5 Å². The van der Waals surface area contributed by atoms with E-state index in [1.54, 1.807) is 17.5 Å². The maximum absolute atomic E-state index is 13.4. The summed E-state index contributed by atoms with van der Waals surface area (Å²) < 4.78 is 22.5. The van der Waals surface area contributed by atoms with Crippen molar-refractivity contribution in [2.24, 2.45) is 0 Å². The van der Waals surface area contributed by atoms with E-state index in [0.29, 0.717) is 18.6 Å². The number of nitrogens with zero attached hydrogens (tertiary/aromatic N) is 5. The zero-order valence-electron chi connectivity index (χ0n) is 21.3. The highest BCUT2D eigenvalue weighted by Crippen LogP contribution is 2.33. The van der Waals surface area contributed by atoms with E-state index in [4.69, 9.17) is 9.72 Å². The molecule has 1 saturated heterocycles. The largest absolute Gasteiger partial charge is 0.457 e. The monoisotopic (exact) mass is 552 g/mol. The van der Waals surface area contributed by atoms with Crippen LogP contribution in [0.2, 0.25) is 0 Å². The number of nitrogens with one attached hydrogen (secondary N) is 1. The number of anilines is 1. The lowest BCUT2D eigenvalue weighted by molar-refractivity contribution is 0.116. The molecule has 1 aliphatic carbocycles. The van der Waals surface area contributed by atoms with Crippen LogP contribution in [0, 0.1) is 0 Å². The van der Waals surface area contributed by atoms with Crippen LogP contribution >= 0.6 is 11.3 Å². The molecule has 4 aromatic rings.